The lowest BCUT2D eigenvalue weighted by molar-refractivity contribution is 0.697. The van der Waals surface area contributed by atoms with Gasteiger partial charge in [0, 0.05) is 5.02 Å². The highest BCUT2D eigenvalue weighted by molar-refractivity contribution is 14.1. The molecule has 0 saturated heterocycles. The Hall–Kier alpha value is -0.750. The quantitative estimate of drug-likeness (QED) is 0.849. The van der Waals surface area contributed by atoms with Gasteiger partial charge in [-0.15, -0.1) is 0 Å². The molecule has 0 aliphatic heterocycles. The van der Waals surface area contributed by atoms with Gasteiger partial charge in [0.1, 0.15) is 5.82 Å². The summed E-state index contributed by atoms with van der Waals surface area (Å²) < 4.78 is 2.73. The fraction of sp³-hybridized carbons (Fsp3) is 0.182. The zero-order valence-corrected chi connectivity index (χ0v) is 11.7. The van der Waals surface area contributed by atoms with Crippen molar-refractivity contribution in [2.24, 2.45) is 0 Å². The van der Waals surface area contributed by atoms with Crippen molar-refractivity contribution in [2.75, 3.05) is 5.73 Å². The topological polar surface area (TPSA) is 43.8 Å². The number of aromatic nitrogens is 2. The third-order valence-electron chi connectivity index (χ3n) is 2.40. The summed E-state index contributed by atoms with van der Waals surface area (Å²) >= 11 is 8.23. The number of nitrogen functional groups attached to an aromatic ring is 1. The van der Waals surface area contributed by atoms with Gasteiger partial charge in [-0.1, -0.05) is 23.7 Å². The lowest BCUT2D eigenvalue weighted by Crippen LogP contribution is -2.06. The minimum atomic E-state index is 0.648. The number of halogens is 2. The Kier molecular flexibility index (Phi) is 3.39. The van der Waals surface area contributed by atoms with Crippen LogP contribution in [0.5, 0.6) is 0 Å². The van der Waals surface area contributed by atoms with Crippen LogP contribution in [0.3, 0.4) is 0 Å². The lowest BCUT2D eigenvalue weighted by atomic mass is 10.1. The van der Waals surface area contributed by atoms with Crippen molar-refractivity contribution >= 4 is 40.0 Å². The fourth-order valence-electron chi connectivity index (χ4n) is 1.41. The third-order valence-corrected chi connectivity index (χ3v) is 3.64. The maximum Gasteiger partial charge on any atom is 0.135 e. The molecule has 84 valence electrons. The van der Waals surface area contributed by atoms with Gasteiger partial charge in [0.2, 0.25) is 0 Å². The number of anilines is 1. The van der Waals surface area contributed by atoms with E-state index in [4.69, 9.17) is 17.3 Å². The van der Waals surface area contributed by atoms with Gasteiger partial charge in [-0.2, -0.15) is 5.10 Å². The second-order valence-electron chi connectivity index (χ2n) is 3.62. The van der Waals surface area contributed by atoms with Crippen LogP contribution in [-0.2, 0) is 6.54 Å². The van der Waals surface area contributed by atoms with Gasteiger partial charge in [-0.25, -0.2) is 4.68 Å². The molecule has 0 saturated carbocycles. The first-order chi connectivity index (χ1) is 7.58. The Morgan fingerprint density at radius 2 is 2.25 bits per heavy atom. The van der Waals surface area contributed by atoms with Crippen molar-refractivity contribution < 1.29 is 0 Å². The molecule has 5 heteroatoms. The van der Waals surface area contributed by atoms with Gasteiger partial charge in [0.05, 0.1) is 16.3 Å². The summed E-state index contributed by atoms with van der Waals surface area (Å²) in [5.41, 5.74) is 8.05. The fourth-order valence-corrected chi connectivity index (χ4v) is 2.01. The molecule has 0 radical (unpaired) electrons. The minimum absolute atomic E-state index is 0.648. The number of benzene rings is 1. The van der Waals surface area contributed by atoms with Crippen LogP contribution in [0.15, 0.2) is 24.4 Å². The zero-order chi connectivity index (χ0) is 11.7. The molecule has 0 aliphatic carbocycles. The van der Waals surface area contributed by atoms with E-state index in [0.717, 1.165) is 19.7 Å². The van der Waals surface area contributed by atoms with E-state index in [1.807, 2.05) is 25.1 Å². The van der Waals surface area contributed by atoms with Crippen molar-refractivity contribution in [1.82, 2.24) is 9.78 Å². The normalized spacial score (nSPS) is 10.7. The van der Waals surface area contributed by atoms with E-state index in [1.165, 1.54) is 0 Å². The van der Waals surface area contributed by atoms with E-state index >= 15 is 0 Å². The highest BCUT2D eigenvalue weighted by atomic mass is 127. The summed E-state index contributed by atoms with van der Waals surface area (Å²) in [5, 5.41) is 4.98. The van der Waals surface area contributed by atoms with Gasteiger partial charge < -0.3 is 5.73 Å². The molecular weight excluding hydrogens is 336 g/mol. The molecule has 0 fully saturated rings. The first kappa shape index (κ1) is 11.7. The average Bonchev–Trinajstić information content (AvgIpc) is 2.55. The van der Waals surface area contributed by atoms with Crippen molar-refractivity contribution in [2.45, 2.75) is 13.5 Å². The number of hydrogen-bond donors (Lipinski definition) is 1. The molecule has 2 rings (SSSR count). The molecule has 2 N–H and O–H groups in total. The third kappa shape index (κ3) is 2.32. The molecule has 0 amide bonds. The molecule has 1 aromatic carbocycles. The summed E-state index contributed by atoms with van der Waals surface area (Å²) in [6.45, 7) is 2.63. The van der Waals surface area contributed by atoms with Gasteiger partial charge in [-0.05, 0) is 46.7 Å². The number of aryl methyl sites for hydroxylation is 1. The monoisotopic (exact) mass is 347 g/mol. The maximum absolute atomic E-state index is 6.06. The van der Waals surface area contributed by atoms with E-state index in [-0.39, 0.29) is 0 Å². The SMILES string of the molecule is Cc1ccc(Cn2ncc(I)c2N)cc1Cl. The highest BCUT2D eigenvalue weighted by Crippen LogP contribution is 2.19. The number of rotatable bonds is 2. The van der Waals surface area contributed by atoms with Crippen LogP contribution in [0, 0.1) is 10.5 Å². The zero-order valence-electron chi connectivity index (χ0n) is 8.74. The molecule has 0 bridgehead atoms. The second-order valence-corrected chi connectivity index (χ2v) is 5.19. The smallest absolute Gasteiger partial charge is 0.135 e. The summed E-state index contributed by atoms with van der Waals surface area (Å²) in [6.07, 6.45) is 1.76. The minimum Gasteiger partial charge on any atom is -0.383 e. The van der Waals surface area contributed by atoms with Crippen LogP contribution in [0.25, 0.3) is 0 Å². The predicted molar refractivity (Wildman–Crippen MR) is 74.6 cm³/mol. The van der Waals surface area contributed by atoms with E-state index in [9.17, 15) is 0 Å². The van der Waals surface area contributed by atoms with E-state index in [1.54, 1.807) is 10.9 Å². The Morgan fingerprint density at radius 1 is 1.50 bits per heavy atom. The number of hydrogen-bond acceptors (Lipinski definition) is 2. The van der Waals surface area contributed by atoms with E-state index in [2.05, 4.69) is 27.7 Å². The summed E-state index contributed by atoms with van der Waals surface area (Å²) in [5.74, 6) is 0.692. The van der Waals surface area contributed by atoms with Crippen LogP contribution in [-0.4, -0.2) is 9.78 Å². The Bertz CT molecular complexity index is 522. The van der Waals surface area contributed by atoms with Gasteiger partial charge in [0.15, 0.2) is 0 Å². The van der Waals surface area contributed by atoms with E-state index < -0.39 is 0 Å². The standard InChI is InChI=1S/C11H11ClIN3/c1-7-2-3-8(4-9(7)12)6-16-11(14)10(13)5-15-16/h2-5H,6,14H2,1H3. The molecular formula is C11H11ClIN3. The van der Waals surface area contributed by atoms with Gasteiger partial charge in [0.25, 0.3) is 0 Å². The molecule has 0 unspecified atom stereocenters. The van der Waals surface area contributed by atoms with Crippen LogP contribution >= 0.6 is 34.2 Å². The average molecular weight is 348 g/mol. The molecule has 0 aliphatic rings. The van der Waals surface area contributed by atoms with Crippen molar-refractivity contribution in [3.63, 3.8) is 0 Å². The second kappa shape index (κ2) is 4.63. The molecule has 2 aromatic rings. The Labute approximate surface area is 113 Å². The molecule has 3 nitrogen and oxygen atoms in total. The van der Waals surface area contributed by atoms with Crippen LogP contribution < -0.4 is 5.73 Å². The van der Waals surface area contributed by atoms with Crippen LogP contribution in [0.4, 0.5) is 5.82 Å². The number of nitrogens with zero attached hydrogens (tertiary/aromatic N) is 2. The Balaban J connectivity index is 2.27. The lowest BCUT2D eigenvalue weighted by Gasteiger charge is -2.06. The van der Waals surface area contributed by atoms with Crippen molar-refractivity contribution in [3.05, 3.63) is 44.1 Å². The molecule has 16 heavy (non-hydrogen) atoms. The summed E-state index contributed by atoms with van der Waals surface area (Å²) in [7, 11) is 0. The predicted octanol–water partition coefficient (Wildman–Crippen LogP) is 3.08. The summed E-state index contributed by atoms with van der Waals surface area (Å²) in [6, 6.07) is 5.99. The maximum atomic E-state index is 6.06. The first-order valence-electron chi connectivity index (χ1n) is 4.79. The first-order valence-corrected chi connectivity index (χ1v) is 6.25. The largest absolute Gasteiger partial charge is 0.383 e. The summed E-state index contributed by atoms with van der Waals surface area (Å²) in [4.78, 5) is 0. The van der Waals surface area contributed by atoms with Crippen LogP contribution in [0.2, 0.25) is 5.02 Å². The Morgan fingerprint density at radius 3 is 2.81 bits per heavy atom. The molecule has 0 spiro atoms. The van der Waals surface area contributed by atoms with Crippen molar-refractivity contribution in [1.29, 1.82) is 0 Å². The van der Waals surface area contributed by atoms with Gasteiger partial charge in [-0.3, -0.25) is 0 Å². The van der Waals surface area contributed by atoms with Crippen LogP contribution in [0.1, 0.15) is 11.1 Å². The van der Waals surface area contributed by atoms with Crippen molar-refractivity contribution in [3.8, 4) is 0 Å². The molecule has 1 aromatic heterocycles. The van der Waals surface area contributed by atoms with Gasteiger partial charge >= 0.3 is 0 Å². The molecule has 1 heterocycles. The highest BCUT2D eigenvalue weighted by Gasteiger charge is 2.05. The number of nitrogens with two attached hydrogens (primary N) is 1. The van der Waals surface area contributed by atoms with E-state index in [0.29, 0.717) is 12.4 Å². The molecule has 0 atom stereocenters.